The molecule has 1 heterocycles. The van der Waals surface area contributed by atoms with Gasteiger partial charge in [-0.25, -0.2) is 4.79 Å². The fraction of sp³-hybridized carbons (Fsp3) is 0.538. The highest BCUT2D eigenvalue weighted by Gasteiger charge is 2.65. The lowest BCUT2D eigenvalue weighted by Gasteiger charge is -2.59. The largest absolute Gasteiger partial charge is 0.459 e. The van der Waals surface area contributed by atoms with Crippen molar-refractivity contribution in [2.75, 3.05) is 52.7 Å². The van der Waals surface area contributed by atoms with Gasteiger partial charge in [-0.3, -0.25) is 0 Å². The summed E-state index contributed by atoms with van der Waals surface area (Å²) in [5.41, 5.74) is 2.65. The van der Waals surface area contributed by atoms with E-state index < -0.39 is 23.8 Å². The number of benzene rings is 2. The van der Waals surface area contributed by atoms with Crippen LogP contribution in [0.1, 0.15) is 56.4 Å². The number of oxime groups is 1. The second-order valence-electron chi connectivity index (χ2n) is 13.1. The van der Waals surface area contributed by atoms with Crippen molar-refractivity contribution in [3.8, 4) is 17.2 Å². The van der Waals surface area contributed by atoms with Crippen molar-refractivity contribution >= 4 is 35.2 Å². The number of aliphatic hydroxyl groups is 2. The highest BCUT2D eigenvalue weighted by Crippen LogP contribution is 2.62. The number of fused-ring (bicyclic) bond motifs is 2. The normalized spacial score (nSPS) is 25.6. The number of carbonyl (C=O) groups is 1. The smallest absolute Gasteiger partial charge is 0.410 e. The molecular weight excluding hydrogens is 692 g/mol. The van der Waals surface area contributed by atoms with E-state index in [1.165, 1.54) is 12.0 Å². The van der Waals surface area contributed by atoms with Gasteiger partial charge >= 0.3 is 6.09 Å². The summed E-state index contributed by atoms with van der Waals surface area (Å²) in [6, 6.07) is 13.2. The summed E-state index contributed by atoms with van der Waals surface area (Å²) in [6.07, 6.45) is 10.5. The molecule has 2 aliphatic carbocycles. The molecule has 0 spiro atoms. The highest BCUT2D eigenvalue weighted by atomic mass is 35.5. The number of allylic oxidation sites excluding steroid dienone is 1. The van der Waals surface area contributed by atoms with Crippen LogP contribution in [-0.2, 0) is 14.3 Å². The van der Waals surface area contributed by atoms with Crippen LogP contribution in [0.3, 0.4) is 0 Å². The lowest BCUT2D eigenvalue weighted by molar-refractivity contribution is -0.253. The summed E-state index contributed by atoms with van der Waals surface area (Å²) in [7, 11) is 3.21. The van der Waals surface area contributed by atoms with E-state index in [4.69, 9.17) is 35.4 Å². The number of rotatable bonds is 18. The first-order valence-electron chi connectivity index (χ1n) is 17.7. The Kier molecular flexibility index (Phi) is 14.2. The number of ether oxygens (including phenoxy) is 4. The van der Waals surface area contributed by atoms with Crippen molar-refractivity contribution in [2.45, 2.75) is 67.6 Å². The van der Waals surface area contributed by atoms with E-state index in [0.29, 0.717) is 30.1 Å². The van der Waals surface area contributed by atoms with Crippen LogP contribution in [0.2, 0.25) is 0 Å². The summed E-state index contributed by atoms with van der Waals surface area (Å²) in [5, 5.41) is 24.1. The molecule has 1 aliphatic heterocycles. The van der Waals surface area contributed by atoms with Gasteiger partial charge in [0.1, 0.15) is 37.0 Å². The van der Waals surface area contributed by atoms with E-state index in [-0.39, 0.29) is 56.5 Å². The Morgan fingerprint density at radius 2 is 1.84 bits per heavy atom. The number of unbranched alkanes of at least 4 members (excludes halogenated alkanes) is 2. The van der Waals surface area contributed by atoms with Crippen LogP contribution in [0.4, 0.5) is 4.79 Å². The van der Waals surface area contributed by atoms with Crippen molar-refractivity contribution in [3.63, 3.8) is 0 Å². The zero-order valence-electron chi connectivity index (χ0n) is 29.8. The molecule has 0 bridgehead atoms. The first-order valence-corrected chi connectivity index (χ1v) is 19.5. The number of alkyl halides is 1. The van der Waals surface area contributed by atoms with Crippen LogP contribution in [0.25, 0.3) is 0 Å². The Bertz CT molecular complexity index is 1540. The molecule has 278 valence electrons. The van der Waals surface area contributed by atoms with Gasteiger partial charge in [0.2, 0.25) is 5.79 Å². The summed E-state index contributed by atoms with van der Waals surface area (Å²) in [5.74, 6) is 0.529. The molecule has 2 aromatic rings. The lowest BCUT2D eigenvalue weighted by atomic mass is 9.55. The maximum absolute atomic E-state index is 13.5. The average molecular weight is 743 g/mol. The highest BCUT2D eigenvalue weighted by molar-refractivity contribution is 7.98. The number of hydrogen-bond donors (Lipinski definition) is 2. The molecule has 1 saturated carbocycles. The predicted octanol–water partition coefficient (Wildman–Crippen LogP) is 7.77. The first-order chi connectivity index (χ1) is 24.8. The molecule has 12 heteroatoms. The van der Waals surface area contributed by atoms with E-state index in [2.05, 4.69) is 23.9 Å². The van der Waals surface area contributed by atoms with Gasteiger partial charge in [0.05, 0.1) is 24.1 Å². The molecule has 0 radical (unpaired) electrons. The lowest BCUT2D eigenvalue weighted by Crippen LogP contribution is -2.69. The molecular formula is C39H51ClN2O8S. The summed E-state index contributed by atoms with van der Waals surface area (Å²) in [4.78, 5) is 21.6. The van der Waals surface area contributed by atoms with Crippen LogP contribution in [0.15, 0.2) is 76.8 Å². The maximum atomic E-state index is 13.5. The van der Waals surface area contributed by atoms with Crippen molar-refractivity contribution in [2.24, 2.45) is 22.9 Å². The third-order valence-corrected chi connectivity index (χ3v) is 11.1. The van der Waals surface area contributed by atoms with Gasteiger partial charge in [-0.1, -0.05) is 30.1 Å². The molecule has 6 unspecified atom stereocenters. The third-order valence-electron chi connectivity index (χ3n) is 10.2. The molecule has 51 heavy (non-hydrogen) atoms. The minimum atomic E-state index is -1.35. The maximum Gasteiger partial charge on any atom is 0.410 e. The Morgan fingerprint density at radius 3 is 2.51 bits per heavy atom. The summed E-state index contributed by atoms with van der Waals surface area (Å²) >= 11 is 7.57. The fourth-order valence-electron chi connectivity index (χ4n) is 8.04. The minimum absolute atomic E-state index is 0.0586. The molecule has 0 aromatic heterocycles. The number of thioether (sulfide) groups is 1. The van der Waals surface area contributed by atoms with Gasteiger partial charge in [-0.05, 0) is 91.8 Å². The number of carbonyl (C=O) groups excluding carboxylic acids is 1. The Labute approximate surface area is 310 Å². The average Bonchev–Trinajstić information content (AvgIpc) is 3.15. The number of likely N-dealkylation sites (N-methyl/N-ethyl adjacent to an activating group) is 1. The van der Waals surface area contributed by atoms with Crippen LogP contribution >= 0.6 is 23.4 Å². The molecule has 1 fully saturated rings. The van der Waals surface area contributed by atoms with Crippen molar-refractivity contribution < 1.29 is 38.8 Å². The second kappa shape index (κ2) is 18.5. The molecule has 2 aromatic carbocycles. The number of hydrogen-bond acceptors (Lipinski definition) is 10. The van der Waals surface area contributed by atoms with Crippen LogP contribution in [0.5, 0.6) is 17.2 Å². The van der Waals surface area contributed by atoms with Crippen LogP contribution in [-0.4, -0.2) is 91.5 Å². The topological polar surface area (TPSA) is 119 Å². The molecule has 6 atom stereocenters. The van der Waals surface area contributed by atoms with Crippen molar-refractivity contribution in [1.82, 2.24) is 4.90 Å². The van der Waals surface area contributed by atoms with Crippen LogP contribution < -0.4 is 9.47 Å². The molecule has 0 saturated heterocycles. The predicted molar refractivity (Wildman–Crippen MR) is 200 cm³/mol. The number of amides is 1. The van der Waals surface area contributed by atoms with Crippen LogP contribution in [0, 0.1) is 17.8 Å². The van der Waals surface area contributed by atoms with Gasteiger partial charge in [0, 0.05) is 43.1 Å². The Balaban J connectivity index is 1.72. The minimum Gasteiger partial charge on any atom is -0.459 e. The Hall–Kier alpha value is -3.22. The standard InChI is InChI=1S/C39H51ClN2O8S/c1-5-21-48-39-35(42(2)38(45)47-22-18-40)25-33(41-46-3)31-23-26(10-6-8-19-43)30(11-7-9-20-44)36(37(31)39)32-24-28(14-17-34(32)50-39)49-27-12-15-29(51-4)16-13-27/h5,12-17,23-24,26,30,35-37,43-44H,1,6-11,18-22,25H2,2-4H3. The molecule has 5 rings (SSSR count). The van der Waals surface area contributed by atoms with Gasteiger partial charge in [-0.15, -0.1) is 29.9 Å². The quantitative estimate of drug-likeness (QED) is 0.0519. The van der Waals surface area contributed by atoms with E-state index in [0.717, 1.165) is 47.5 Å². The number of aliphatic hydroxyl groups excluding tert-OH is 2. The van der Waals surface area contributed by atoms with Gasteiger partial charge in [-0.2, -0.15) is 0 Å². The third kappa shape index (κ3) is 8.54. The molecule has 2 N–H and O–H groups in total. The fourth-order valence-corrected chi connectivity index (χ4v) is 8.52. The van der Waals surface area contributed by atoms with Gasteiger partial charge in [0.25, 0.3) is 0 Å². The second-order valence-corrected chi connectivity index (χ2v) is 14.4. The first kappa shape index (κ1) is 39.0. The van der Waals surface area contributed by atoms with E-state index in [9.17, 15) is 15.0 Å². The summed E-state index contributed by atoms with van der Waals surface area (Å²) < 4.78 is 25.9. The van der Waals surface area contributed by atoms with Crippen molar-refractivity contribution in [1.29, 1.82) is 0 Å². The molecule has 3 aliphatic rings. The zero-order chi connectivity index (χ0) is 36.4. The van der Waals surface area contributed by atoms with E-state index >= 15 is 0 Å². The van der Waals surface area contributed by atoms with Gasteiger partial charge < -0.3 is 38.9 Å². The number of nitrogens with zero attached hydrogens (tertiary/aromatic N) is 2. The van der Waals surface area contributed by atoms with Gasteiger partial charge in [0.15, 0.2) is 0 Å². The number of halogens is 1. The molecule has 10 nitrogen and oxygen atoms in total. The van der Waals surface area contributed by atoms with Crippen molar-refractivity contribution in [3.05, 3.63) is 72.3 Å². The van der Waals surface area contributed by atoms with E-state index in [1.807, 2.05) is 42.7 Å². The SMILES string of the molecule is C=CCOC12Oc3ccc(Oc4ccc(SC)cc4)cc3C3C(CCCCO)C(CCCCO)C=C(C(=NOC)CC1N(C)C(=O)OCCCl)C32. The zero-order valence-corrected chi connectivity index (χ0v) is 31.4. The molecule has 1 amide bonds. The van der Waals surface area contributed by atoms with E-state index in [1.54, 1.807) is 24.9 Å². The monoisotopic (exact) mass is 742 g/mol. The summed E-state index contributed by atoms with van der Waals surface area (Å²) in [6.45, 7) is 4.41. The Morgan fingerprint density at radius 1 is 1.12 bits per heavy atom.